The van der Waals surface area contributed by atoms with Crippen LogP contribution in [0.1, 0.15) is 6.92 Å². The van der Waals surface area contributed by atoms with Gasteiger partial charge in [-0.25, -0.2) is 9.18 Å². The normalized spacial score (nSPS) is 14.3. The summed E-state index contributed by atoms with van der Waals surface area (Å²) in [6.45, 7) is 0.107. The molecule has 0 radical (unpaired) electrons. The van der Waals surface area contributed by atoms with Crippen molar-refractivity contribution in [2.75, 3.05) is 6.67 Å². The van der Waals surface area contributed by atoms with Crippen molar-refractivity contribution in [3.05, 3.63) is 28.7 Å². The summed E-state index contributed by atoms with van der Waals surface area (Å²) in [4.78, 5) is 10.7. The summed E-state index contributed by atoms with van der Waals surface area (Å²) in [5, 5.41) is 8.77. The van der Waals surface area contributed by atoms with Crippen molar-refractivity contribution in [2.24, 2.45) is 0 Å². The molecule has 0 spiro atoms. The van der Waals surface area contributed by atoms with Crippen LogP contribution in [0.3, 0.4) is 0 Å². The molecule has 0 fully saturated rings. The highest BCUT2D eigenvalue weighted by Crippen LogP contribution is 2.21. The Morgan fingerprint density at radius 2 is 2.07 bits per heavy atom. The van der Waals surface area contributed by atoms with E-state index in [-0.39, 0.29) is 0 Å². The van der Waals surface area contributed by atoms with Gasteiger partial charge in [-0.2, -0.15) is 0 Å². The summed E-state index contributed by atoms with van der Waals surface area (Å²) < 4.78 is 18.5. The summed E-state index contributed by atoms with van der Waals surface area (Å²) in [6.07, 6.45) is 0. The Bertz CT molecular complexity index is 352. The minimum Gasteiger partial charge on any atom is -0.478 e. The quantitative estimate of drug-likeness (QED) is 0.920. The highest BCUT2D eigenvalue weighted by molar-refractivity contribution is 9.10. The molecule has 1 atom stereocenters. The lowest BCUT2D eigenvalue weighted by Gasteiger charge is -2.22. The predicted molar refractivity (Wildman–Crippen MR) is 56.8 cm³/mol. The molecule has 82 valence electrons. The third kappa shape index (κ3) is 2.92. The average Bonchev–Trinajstić information content (AvgIpc) is 2.21. The Balaban J connectivity index is 2.84. The molecule has 1 aromatic carbocycles. The van der Waals surface area contributed by atoms with Gasteiger partial charge in [-0.15, -0.1) is 0 Å². The molecular formula is C10H10BrFO3. The van der Waals surface area contributed by atoms with Crippen LogP contribution in [0.15, 0.2) is 28.7 Å². The van der Waals surface area contributed by atoms with E-state index in [0.717, 1.165) is 4.47 Å². The Labute approximate surface area is 95.0 Å². The van der Waals surface area contributed by atoms with Crippen molar-refractivity contribution in [2.45, 2.75) is 12.5 Å². The number of carbonyl (C=O) groups is 1. The fourth-order valence-electron chi connectivity index (χ4n) is 0.891. The molecule has 0 heterocycles. The monoisotopic (exact) mass is 276 g/mol. The predicted octanol–water partition coefficient (Wildman–Crippen LogP) is 2.64. The third-order valence-electron chi connectivity index (χ3n) is 1.86. The summed E-state index contributed by atoms with van der Waals surface area (Å²) in [6, 6.07) is 6.52. The molecule has 3 nitrogen and oxygen atoms in total. The van der Waals surface area contributed by atoms with Crippen LogP contribution in [0.2, 0.25) is 0 Å². The maximum atomic E-state index is 12.5. The zero-order valence-electron chi connectivity index (χ0n) is 8.04. The summed E-state index contributed by atoms with van der Waals surface area (Å²) in [7, 11) is 0. The van der Waals surface area contributed by atoms with E-state index in [2.05, 4.69) is 15.9 Å². The van der Waals surface area contributed by atoms with Gasteiger partial charge in [0.2, 0.25) is 5.60 Å². The van der Waals surface area contributed by atoms with Crippen LogP contribution in [-0.2, 0) is 4.79 Å². The van der Waals surface area contributed by atoms with Crippen LogP contribution in [0.4, 0.5) is 4.39 Å². The first-order valence-corrected chi connectivity index (χ1v) is 5.01. The number of alkyl halides is 1. The van der Waals surface area contributed by atoms with Gasteiger partial charge in [0.1, 0.15) is 12.4 Å². The van der Waals surface area contributed by atoms with E-state index in [0.29, 0.717) is 5.75 Å². The van der Waals surface area contributed by atoms with Gasteiger partial charge in [0.05, 0.1) is 0 Å². The molecular weight excluding hydrogens is 267 g/mol. The average molecular weight is 277 g/mol. The second kappa shape index (κ2) is 4.61. The molecule has 5 heteroatoms. The lowest BCUT2D eigenvalue weighted by atomic mass is 10.1. The Morgan fingerprint density at radius 3 is 2.47 bits per heavy atom. The van der Waals surface area contributed by atoms with Crippen LogP contribution in [0.25, 0.3) is 0 Å². The Hall–Kier alpha value is -1.10. The largest absolute Gasteiger partial charge is 0.478 e. The lowest BCUT2D eigenvalue weighted by molar-refractivity contribution is -0.155. The van der Waals surface area contributed by atoms with Crippen molar-refractivity contribution in [1.82, 2.24) is 0 Å². The fourth-order valence-corrected chi connectivity index (χ4v) is 1.16. The highest BCUT2D eigenvalue weighted by Gasteiger charge is 2.35. The number of hydrogen-bond donors (Lipinski definition) is 1. The SMILES string of the molecule is CC(CF)(Oc1ccc(Br)cc1)C(=O)O. The lowest BCUT2D eigenvalue weighted by Crippen LogP contribution is -2.43. The van der Waals surface area contributed by atoms with Gasteiger partial charge in [-0.1, -0.05) is 15.9 Å². The molecule has 1 rings (SSSR count). The third-order valence-corrected chi connectivity index (χ3v) is 2.39. The molecule has 0 bridgehead atoms. The molecule has 0 aliphatic heterocycles. The Morgan fingerprint density at radius 1 is 1.53 bits per heavy atom. The number of benzene rings is 1. The standard InChI is InChI=1S/C10H10BrFO3/c1-10(6-12,9(13)14)15-8-4-2-7(11)3-5-8/h2-5H,6H2,1H3,(H,13,14). The van der Waals surface area contributed by atoms with E-state index in [1.807, 2.05) is 0 Å². The van der Waals surface area contributed by atoms with E-state index in [4.69, 9.17) is 9.84 Å². The number of hydrogen-bond acceptors (Lipinski definition) is 2. The van der Waals surface area contributed by atoms with Crippen LogP contribution < -0.4 is 4.74 Å². The van der Waals surface area contributed by atoms with Gasteiger partial charge in [0, 0.05) is 4.47 Å². The fraction of sp³-hybridized carbons (Fsp3) is 0.300. The molecule has 0 aliphatic rings. The Kier molecular flexibility index (Phi) is 3.68. The summed E-state index contributed by atoms with van der Waals surface area (Å²) >= 11 is 3.23. The van der Waals surface area contributed by atoms with E-state index in [9.17, 15) is 9.18 Å². The van der Waals surface area contributed by atoms with Crippen molar-refractivity contribution >= 4 is 21.9 Å². The first kappa shape index (κ1) is 12.0. The van der Waals surface area contributed by atoms with Crippen molar-refractivity contribution in [1.29, 1.82) is 0 Å². The van der Waals surface area contributed by atoms with E-state index < -0.39 is 18.2 Å². The number of carboxylic acid groups (broad SMARTS) is 1. The first-order chi connectivity index (χ1) is 6.98. The maximum Gasteiger partial charge on any atom is 0.350 e. The molecule has 0 aliphatic carbocycles. The van der Waals surface area contributed by atoms with Gasteiger partial charge in [-0.3, -0.25) is 0 Å². The van der Waals surface area contributed by atoms with Crippen molar-refractivity contribution < 1.29 is 19.0 Å². The van der Waals surface area contributed by atoms with Gasteiger partial charge in [-0.05, 0) is 31.2 Å². The van der Waals surface area contributed by atoms with E-state index >= 15 is 0 Å². The smallest absolute Gasteiger partial charge is 0.350 e. The molecule has 1 unspecified atom stereocenters. The summed E-state index contributed by atoms with van der Waals surface area (Å²) in [5.41, 5.74) is -1.83. The van der Waals surface area contributed by atoms with Crippen molar-refractivity contribution in [3.63, 3.8) is 0 Å². The highest BCUT2D eigenvalue weighted by atomic mass is 79.9. The van der Waals surface area contributed by atoms with Crippen LogP contribution >= 0.6 is 15.9 Å². The van der Waals surface area contributed by atoms with E-state index in [1.165, 1.54) is 6.92 Å². The number of aliphatic carboxylic acids is 1. The zero-order chi connectivity index (χ0) is 11.5. The second-order valence-electron chi connectivity index (χ2n) is 3.23. The van der Waals surface area contributed by atoms with Crippen LogP contribution in [0.5, 0.6) is 5.75 Å². The van der Waals surface area contributed by atoms with Crippen molar-refractivity contribution in [3.8, 4) is 5.75 Å². The number of halogens is 2. The van der Waals surface area contributed by atoms with Gasteiger partial charge in [0.25, 0.3) is 0 Å². The molecule has 1 aromatic rings. The summed E-state index contributed by atoms with van der Waals surface area (Å²) in [5.74, 6) is -1.01. The number of carboxylic acids is 1. The van der Waals surface area contributed by atoms with Gasteiger partial charge in [0.15, 0.2) is 0 Å². The molecule has 0 saturated carbocycles. The zero-order valence-corrected chi connectivity index (χ0v) is 9.62. The molecule has 1 N–H and O–H groups in total. The minimum atomic E-state index is -1.83. The molecule has 0 aromatic heterocycles. The second-order valence-corrected chi connectivity index (χ2v) is 4.14. The van der Waals surface area contributed by atoms with Gasteiger partial charge >= 0.3 is 5.97 Å². The molecule has 0 saturated heterocycles. The topological polar surface area (TPSA) is 46.5 Å². The first-order valence-electron chi connectivity index (χ1n) is 4.22. The van der Waals surface area contributed by atoms with Crippen LogP contribution in [0, 0.1) is 0 Å². The number of ether oxygens (including phenoxy) is 1. The molecule has 0 amide bonds. The maximum absolute atomic E-state index is 12.5. The van der Waals surface area contributed by atoms with E-state index in [1.54, 1.807) is 24.3 Å². The van der Waals surface area contributed by atoms with Gasteiger partial charge < -0.3 is 9.84 Å². The molecule has 15 heavy (non-hydrogen) atoms. The van der Waals surface area contributed by atoms with Crippen LogP contribution in [-0.4, -0.2) is 23.4 Å². The minimum absolute atomic E-state index is 0.320. The number of rotatable bonds is 4.